The first kappa shape index (κ1) is 18.6. The van der Waals surface area contributed by atoms with Crippen molar-refractivity contribution in [3.8, 4) is 6.07 Å². The Hall–Kier alpha value is -3.23. The lowest BCUT2D eigenvalue weighted by atomic mass is 10.1. The van der Waals surface area contributed by atoms with Gasteiger partial charge in [0, 0.05) is 19.2 Å². The summed E-state index contributed by atoms with van der Waals surface area (Å²) < 4.78 is 13.5. The van der Waals surface area contributed by atoms with Crippen LogP contribution in [-0.4, -0.2) is 10.8 Å². The molecule has 2 aromatic carbocycles. The summed E-state index contributed by atoms with van der Waals surface area (Å²) in [4.78, 5) is 14.4. The molecule has 0 fully saturated rings. The second-order valence-corrected chi connectivity index (χ2v) is 6.80. The van der Waals surface area contributed by atoms with Crippen LogP contribution in [0.3, 0.4) is 0 Å². The van der Waals surface area contributed by atoms with Gasteiger partial charge in [-0.05, 0) is 63.9 Å². The van der Waals surface area contributed by atoms with E-state index in [1.807, 2.05) is 29.0 Å². The lowest BCUT2D eigenvalue weighted by Crippen LogP contribution is -2.28. The molecule has 5 heteroatoms. The molecule has 134 valence electrons. The van der Waals surface area contributed by atoms with E-state index in [0.717, 1.165) is 16.7 Å². The van der Waals surface area contributed by atoms with Crippen molar-refractivity contribution in [3.05, 3.63) is 99.5 Å². The van der Waals surface area contributed by atoms with Gasteiger partial charge in [-0.25, -0.2) is 4.39 Å². The van der Waals surface area contributed by atoms with Gasteiger partial charge in [-0.15, -0.1) is 0 Å². The first-order chi connectivity index (χ1) is 13.1. The molecule has 0 unspecified atom stereocenters. The number of carbonyl (C=O) groups excluding carboxylic acids is 1. The van der Waals surface area contributed by atoms with Crippen LogP contribution in [0.15, 0.2) is 71.4 Å². The van der Waals surface area contributed by atoms with E-state index in [4.69, 9.17) is 5.26 Å². The third-order valence-corrected chi connectivity index (χ3v) is 4.69. The molecule has 3 nitrogen and oxygen atoms in total. The quantitative estimate of drug-likeness (QED) is 0.568. The van der Waals surface area contributed by atoms with E-state index in [0.29, 0.717) is 18.7 Å². The molecule has 1 heterocycles. The van der Waals surface area contributed by atoms with Crippen molar-refractivity contribution in [2.24, 2.45) is 0 Å². The Balaban J connectivity index is 1.80. The van der Waals surface area contributed by atoms with Gasteiger partial charge in [-0.3, -0.25) is 4.79 Å². The summed E-state index contributed by atoms with van der Waals surface area (Å²) in [5.41, 5.74) is 3.17. The molecule has 3 rings (SSSR count). The SMILES string of the molecule is N#Cc1ccc(CN(Cc2cccc(F)c2)C(=O)/C=C/c2ccsc2)cc1. The summed E-state index contributed by atoms with van der Waals surface area (Å²) in [7, 11) is 0. The van der Waals surface area contributed by atoms with Gasteiger partial charge in [-0.2, -0.15) is 16.6 Å². The highest BCUT2D eigenvalue weighted by molar-refractivity contribution is 7.08. The van der Waals surface area contributed by atoms with Gasteiger partial charge in [0.1, 0.15) is 5.82 Å². The third kappa shape index (κ3) is 5.37. The fourth-order valence-electron chi connectivity index (χ4n) is 2.62. The van der Waals surface area contributed by atoms with Crippen molar-refractivity contribution >= 4 is 23.3 Å². The zero-order valence-corrected chi connectivity index (χ0v) is 15.3. The number of hydrogen-bond donors (Lipinski definition) is 0. The number of halogens is 1. The Morgan fingerprint density at radius 3 is 2.56 bits per heavy atom. The summed E-state index contributed by atoms with van der Waals surface area (Å²) in [6.45, 7) is 0.666. The highest BCUT2D eigenvalue weighted by Crippen LogP contribution is 2.14. The van der Waals surface area contributed by atoms with Crippen LogP contribution in [0.4, 0.5) is 4.39 Å². The highest BCUT2D eigenvalue weighted by Gasteiger charge is 2.13. The molecule has 0 bridgehead atoms. The zero-order chi connectivity index (χ0) is 19.1. The van der Waals surface area contributed by atoms with Gasteiger partial charge in [0.25, 0.3) is 0 Å². The summed E-state index contributed by atoms with van der Waals surface area (Å²) >= 11 is 1.57. The van der Waals surface area contributed by atoms with Crippen LogP contribution in [0.25, 0.3) is 6.08 Å². The van der Waals surface area contributed by atoms with Crippen LogP contribution < -0.4 is 0 Å². The van der Waals surface area contributed by atoms with E-state index in [9.17, 15) is 9.18 Å². The Bertz CT molecular complexity index is 972. The minimum Gasteiger partial charge on any atom is -0.331 e. The number of nitrogens with zero attached hydrogens (tertiary/aromatic N) is 2. The second-order valence-electron chi connectivity index (χ2n) is 6.02. The van der Waals surface area contributed by atoms with Crippen molar-refractivity contribution < 1.29 is 9.18 Å². The minimum absolute atomic E-state index is 0.158. The van der Waals surface area contributed by atoms with Gasteiger partial charge < -0.3 is 4.90 Å². The summed E-state index contributed by atoms with van der Waals surface area (Å²) in [5.74, 6) is -0.484. The first-order valence-corrected chi connectivity index (χ1v) is 9.31. The van der Waals surface area contributed by atoms with E-state index in [-0.39, 0.29) is 11.7 Å². The van der Waals surface area contributed by atoms with E-state index < -0.39 is 0 Å². The third-order valence-electron chi connectivity index (χ3n) is 3.99. The summed E-state index contributed by atoms with van der Waals surface area (Å²) in [6, 6.07) is 17.4. The maximum atomic E-state index is 13.5. The van der Waals surface area contributed by atoms with Crippen LogP contribution in [0.5, 0.6) is 0 Å². The number of carbonyl (C=O) groups is 1. The van der Waals surface area contributed by atoms with Gasteiger partial charge >= 0.3 is 0 Å². The topological polar surface area (TPSA) is 44.1 Å². The molecule has 0 spiro atoms. The van der Waals surface area contributed by atoms with Gasteiger partial charge in [0.15, 0.2) is 0 Å². The molecular weight excluding hydrogens is 359 g/mol. The van der Waals surface area contributed by atoms with Crippen LogP contribution in [-0.2, 0) is 17.9 Å². The predicted octanol–water partition coefficient (Wildman–Crippen LogP) is 5.00. The molecular formula is C22H17FN2OS. The van der Waals surface area contributed by atoms with E-state index in [2.05, 4.69) is 6.07 Å². The van der Waals surface area contributed by atoms with Crippen molar-refractivity contribution in [3.63, 3.8) is 0 Å². The molecule has 1 aromatic heterocycles. The van der Waals surface area contributed by atoms with Crippen molar-refractivity contribution in [1.29, 1.82) is 5.26 Å². The molecule has 3 aromatic rings. The van der Waals surface area contributed by atoms with Gasteiger partial charge in [0.05, 0.1) is 11.6 Å². The van der Waals surface area contributed by atoms with Crippen LogP contribution in [0.2, 0.25) is 0 Å². The molecule has 0 saturated heterocycles. The summed E-state index contributed by atoms with van der Waals surface area (Å²) in [5, 5.41) is 12.8. The number of hydrogen-bond acceptors (Lipinski definition) is 3. The normalized spacial score (nSPS) is 10.7. The van der Waals surface area contributed by atoms with Crippen LogP contribution in [0, 0.1) is 17.1 Å². The Kier molecular flexibility index (Phi) is 6.14. The Labute approximate surface area is 161 Å². The smallest absolute Gasteiger partial charge is 0.247 e. The molecule has 0 N–H and O–H groups in total. The fraction of sp³-hybridized carbons (Fsp3) is 0.0909. The minimum atomic E-state index is -0.327. The zero-order valence-electron chi connectivity index (χ0n) is 14.5. The predicted molar refractivity (Wildman–Crippen MR) is 105 cm³/mol. The number of nitriles is 1. The van der Waals surface area contributed by atoms with Crippen LogP contribution in [0.1, 0.15) is 22.3 Å². The maximum Gasteiger partial charge on any atom is 0.247 e. The van der Waals surface area contributed by atoms with Gasteiger partial charge in [-0.1, -0.05) is 24.3 Å². The Morgan fingerprint density at radius 1 is 1.11 bits per heavy atom. The average Bonchev–Trinajstić information content (AvgIpc) is 3.20. The van der Waals surface area contributed by atoms with E-state index in [1.54, 1.807) is 46.6 Å². The average molecular weight is 376 g/mol. The monoisotopic (exact) mass is 376 g/mol. The van der Waals surface area contributed by atoms with Crippen molar-refractivity contribution in [2.45, 2.75) is 13.1 Å². The van der Waals surface area contributed by atoms with Crippen molar-refractivity contribution in [2.75, 3.05) is 0 Å². The van der Waals surface area contributed by atoms with E-state index in [1.165, 1.54) is 18.2 Å². The molecule has 0 atom stereocenters. The number of amides is 1. The molecule has 0 aliphatic carbocycles. The standard InChI is InChI=1S/C22H17FN2OS/c23-21-3-1-2-20(12-21)15-25(14-18-6-4-17(13-24)5-7-18)22(26)9-8-19-10-11-27-16-19/h1-12,16H,14-15H2/b9-8+. The molecule has 1 amide bonds. The highest BCUT2D eigenvalue weighted by atomic mass is 32.1. The lowest BCUT2D eigenvalue weighted by molar-refractivity contribution is -0.127. The largest absolute Gasteiger partial charge is 0.331 e. The second kappa shape index (κ2) is 8.93. The Morgan fingerprint density at radius 2 is 1.89 bits per heavy atom. The van der Waals surface area contributed by atoms with E-state index >= 15 is 0 Å². The number of thiophene rings is 1. The first-order valence-electron chi connectivity index (χ1n) is 8.37. The lowest BCUT2D eigenvalue weighted by Gasteiger charge is -2.22. The summed E-state index contributed by atoms with van der Waals surface area (Å²) in [6.07, 6.45) is 3.31. The fourth-order valence-corrected chi connectivity index (χ4v) is 3.24. The maximum absolute atomic E-state index is 13.5. The number of rotatable bonds is 6. The molecule has 27 heavy (non-hydrogen) atoms. The van der Waals surface area contributed by atoms with Gasteiger partial charge in [0.2, 0.25) is 5.91 Å². The molecule has 0 aliphatic rings. The molecule has 0 saturated carbocycles. The number of benzene rings is 2. The molecule has 0 radical (unpaired) electrons. The van der Waals surface area contributed by atoms with Crippen LogP contribution >= 0.6 is 11.3 Å². The van der Waals surface area contributed by atoms with Crippen molar-refractivity contribution in [1.82, 2.24) is 4.90 Å². The molecule has 0 aliphatic heterocycles.